The van der Waals surface area contributed by atoms with Crippen LogP contribution >= 0.6 is 0 Å². The molecule has 0 bridgehead atoms. The summed E-state index contributed by atoms with van der Waals surface area (Å²) < 4.78 is 0. The molecule has 0 aromatic carbocycles. The van der Waals surface area contributed by atoms with Gasteiger partial charge in [0, 0.05) is 26.2 Å². The second-order valence-corrected chi connectivity index (χ2v) is 6.13. The fraction of sp³-hybridized carbons (Fsp3) is 0.929. The van der Waals surface area contributed by atoms with Gasteiger partial charge < -0.3 is 4.90 Å². The topological polar surface area (TPSA) is 30.3 Å². The van der Waals surface area contributed by atoms with Crippen LogP contribution in [0.5, 0.6) is 0 Å². The summed E-state index contributed by atoms with van der Waals surface area (Å²) in [4.78, 5) is 4.81. The number of hydrogen-bond donors (Lipinski definition) is 0. The Balaban J connectivity index is 2.07. The SMILES string of the molecule is CC1CCC(C#N)(N2CCN(C)CC2)CC1C. The molecule has 0 aromatic rings. The quantitative estimate of drug-likeness (QED) is 0.696. The van der Waals surface area contributed by atoms with Crippen LogP contribution in [0.3, 0.4) is 0 Å². The second kappa shape index (κ2) is 4.96. The van der Waals surface area contributed by atoms with E-state index < -0.39 is 0 Å². The van der Waals surface area contributed by atoms with Crippen molar-refractivity contribution in [2.75, 3.05) is 33.2 Å². The number of piperazine rings is 1. The summed E-state index contributed by atoms with van der Waals surface area (Å²) >= 11 is 0. The average Bonchev–Trinajstić information content (AvgIpc) is 2.34. The van der Waals surface area contributed by atoms with Crippen molar-refractivity contribution in [3.8, 4) is 6.07 Å². The number of rotatable bonds is 1. The van der Waals surface area contributed by atoms with E-state index in [1.54, 1.807) is 0 Å². The lowest BCUT2D eigenvalue weighted by molar-refractivity contribution is 0.0236. The lowest BCUT2D eigenvalue weighted by Crippen LogP contribution is -2.58. The summed E-state index contributed by atoms with van der Waals surface area (Å²) in [5.41, 5.74) is -0.160. The molecule has 3 heteroatoms. The molecule has 3 atom stereocenters. The van der Waals surface area contributed by atoms with Crippen molar-refractivity contribution in [3.05, 3.63) is 0 Å². The van der Waals surface area contributed by atoms with E-state index in [0.29, 0.717) is 5.92 Å². The van der Waals surface area contributed by atoms with Gasteiger partial charge in [0.05, 0.1) is 6.07 Å². The molecule has 1 aliphatic carbocycles. The van der Waals surface area contributed by atoms with E-state index in [-0.39, 0.29) is 5.54 Å². The fourth-order valence-electron chi connectivity index (χ4n) is 3.28. The number of nitrogens with zero attached hydrogens (tertiary/aromatic N) is 3. The zero-order valence-electron chi connectivity index (χ0n) is 11.4. The molecule has 17 heavy (non-hydrogen) atoms. The first-order chi connectivity index (χ1) is 8.07. The van der Waals surface area contributed by atoms with Crippen LogP contribution in [-0.2, 0) is 0 Å². The molecule has 3 unspecified atom stereocenters. The molecule has 1 saturated heterocycles. The Kier molecular flexibility index (Phi) is 3.75. The van der Waals surface area contributed by atoms with Gasteiger partial charge in [-0.2, -0.15) is 5.26 Å². The maximum atomic E-state index is 9.66. The number of nitriles is 1. The van der Waals surface area contributed by atoms with Gasteiger partial charge in [-0.25, -0.2) is 0 Å². The minimum atomic E-state index is -0.160. The summed E-state index contributed by atoms with van der Waals surface area (Å²) in [6, 6.07) is 2.66. The first kappa shape index (κ1) is 12.9. The highest BCUT2D eigenvalue weighted by Gasteiger charge is 2.43. The molecular weight excluding hydrogens is 210 g/mol. The van der Waals surface area contributed by atoms with Gasteiger partial charge in [-0.1, -0.05) is 13.8 Å². The molecule has 3 nitrogen and oxygen atoms in total. The molecule has 0 aromatic heterocycles. The van der Waals surface area contributed by atoms with Crippen LogP contribution in [0.1, 0.15) is 33.1 Å². The van der Waals surface area contributed by atoms with Crippen LogP contribution in [0, 0.1) is 23.2 Å². The third kappa shape index (κ3) is 2.48. The van der Waals surface area contributed by atoms with E-state index in [1.165, 1.54) is 6.42 Å². The highest BCUT2D eigenvalue weighted by atomic mass is 15.3. The van der Waals surface area contributed by atoms with E-state index in [0.717, 1.165) is 44.9 Å². The fourth-order valence-corrected chi connectivity index (χ4v) is 3.28. The summed E-state index contributed by atoms with van der Waals surface area (Å²) in [5.74, 6) is 1.46. The van der Waals surface area contributed by atoms with Gasteiger partial charge in [0.1, 0.15) is 5.54 Å². The van der Waals surface area contributed by atoms with Crippen molar-refractivity contribution in [1.82, 2.24) is 9.80 Å². The van der Waals surface area contributed by atoms with Crippen molar-refractivity contribution < 1.29 is 0 Å². The lowest BCUT2D eigenvalue weighted by atomic mass is 9.71. The van der Waals surface area contributed by atoms with Crippen LogP contribution in [0.25, 0.3) is 0 Å². The Bertz CT molecular complexity index is 301. The van der Waals surface area contributed by atoms with Gasteiger partial charge in [-0.15, -0.1) is 0 Å². The van der Waals surface area contributed by atoms with Crippen LogP contribution in [-0.4, -0.2) is 48.6 Å². The predicted octanol–water partition coefficient (Wildman–Crippen LogP) is 1.95. The molecule has 1 saturated carbocycles. The van der Waals surface area contributed by atoms with Crippen molar-refractivity contribution in [1.29, 1.82) is 5.26 Å². The zero-order valence-corrected chi connectivity index (χ0v) is 11.4. The van der Waals surface area contributed by atoms with Gasteiger partial charge in [-0.3, -0.25) is 4.90 Å². The normalized spacial score (nSPS) is 41.1. The summed E-state index contributed by atoms with van der Waals surface area (Å²) in [7, 11) is 2.17. The van der Waals surface area contributed by atoms with Gasteiger partial charge >= 0.3 is 0 Å². The van der Waals surface area contributed by atoms with Crippen LogP contribution in [0.15, 0.2) is 0 Å². The average molecular weight is 235 g/mol. The summed E-state index contributed by atoms with van der Waals surface area (Å²) in [5, 5.41) is 9.66. The molecule has 0 radical (unpaired) electrons. The molecule has 96 valence electrons. The van der Waals surface area contributed by atoms with E-state index >= 15 is 0 Å². The van der Waals surface area contributed by atoms with Gasteiger partial charge in [-0.05, 0) is 38.1 Å². The smallest absolute Gasteiger partial charge is 0.109 e. The third-order valence-electron chi connectivity index (χ3n) is 4.96. The minimum Gasteiger partial charge on any atom is -0.304 e. The maximum absolute atomic E-state index is 9.66. The molecule has 0 N–H and O–H groups in total. The van der Waals surface area contributed by atoms with Crippen LogP contribution < -0.4 is 0 Å². The second-order valence-electron chi connectivity index (χ2n) is 6.13. The van der Waals surface area contributed by atoms with Crippen molar-refractivity contribution in [3.63, 3.8) is 0 Å². The minimum absolute atomic E-state index is 0.160. The van der Waals surface area contributed by atoms with E-state index in [9.17, 15) is 5.26 Å². The molecule has 2 fully saturated rings. The largest absolute Gasteiger partial charge is 0.304 e. The Labute approximate surface area is 105 Å². The van der Waals surface area contributed by atoms with Crippen molar-refractivity contribution >= 4 is 0 Å². The molecule has 2 aliphatic rings. The maximum Gasteiger partial charge on any atom is 0.109 e. The first-order valence-corrected chi connectivity index (χ1v) is 6.92. The van der Waals surface area contributed by atoms with Crippen LogP contribution in [0.4, 0.5) is 0 Å². The molecule has 2 rings (SSSR count). The van der Waals surface area contributed by atoms with Gasteiger partial charge in [0.2, 0.25) is 0 Å². The standard InChI is InChI=1S/C14H25N3/c1-12-4-5-14(11-15,10-13(12)2)17-8-6-16(3)7-9-17/h12-13H,4-10H2,1-3H3. The molecule has 1 aliphatic heterocycles. The summed E-state index contributed by atoms with van der Waals surface area (Å²) in [6.45, 7) is 8.97. The number of likely N-dealkylation sites (N-methyl/N-ethyl adjacent to an activating group) is 1. The van der Waals surface area contributed by atoms with Crippen molar-refractivity contribution in [2.24, 2.45) is 11.8 Å². The van der Waals surface area contributed by atoms with E-state index in [4.69, 9.17) is 0 Å². The third-order valence-corrected chi connectivity index (χ3v) is 4.96. The first-order valence-electron chi connectivity index (χ1n) is 6.92. The summed E-state index contributed by atoms with van der Waals surface area (Å²) in [6.07, 6.45) is 3.34. The zero-order chi connectivity index (χ0) is 12.5. The van der Waals surface area contributed by atoms with Crippen LogP contribution in [0.2, 0.25) is 0 Å². The van der Waals surface area contributed by atoms with Gasteiger partial charge in [0.25, 0.3) is 0 Å². The Morgan fingerprint density at radius 2 is 1.76 bits per heavy atom. The highest BCUT2D eigenvalue weighted by molar-refractivity contribution is 5.12. The molecule has 0 amide bonds. The Morgan fingerprint density at radius 1 is 1.12 bits per heavy atom. The van der Waals surface area contributed by atoms with E-state index in [1.807, 2.05) is 0 Å². The Hall–Kier alpha value is -0.590. The lowest BCUT2D eigenvalue weighted by Gasteiger charge is -2.48. The van der Waals surface area contributed by atoms with Gasteiger partial charge in [0.15, 0.2) is 0 Å². The number of hydrogen-bond acceptors (Lipinski definition) is 3. The Morgan fingerprint density at radius 3 is 2.29 bits per heavy atom. The predicted molar refractivity (Wildman–Crippen MR) is 69.6 cm³/mol. The highest BCUT2D eigenvalue weighted by Crippen LogP contribution is 2.39. The monoisotopic (exact) mass is 235 g/mol. The molecule has 0 spiro atoms. The molecular formula is C14H25N3. The molecule has 1 heterocycles. The van der Waals surface area contributed by atoms with Crippen molar-refractivity contribution in [2.45, 2.75) is 38.6 Å². The van der Waals surface area contributed by atoms with E-state index in [2.05, 4.69) is 36.8 Å².